The van der Waals surface area contributed by atoms with Crippen molar-refractivity contribution in [1.29, 1.82) is 0 Å². The van der Waals surface area contributed by atoms with Crippen molar-refractivity contribution in [2.24, 2.45) is 5.92 Å². The number of rotatable bonds is 6. The Kier molecular flexibility index (Phi) is 6.91. The number of amides is 1. The summed E-state index contributed by atoms with van der Waals surface area (Å²) in [7, 11) is 1.44. The van der Waals surface area contributed by atoms with Crippen molar-refractivity contribution in [3.05, 3.63) is 0 Å². The molecule has 0 aromatic rings. The average Bonchev–Trinajstić information content (AvgIpc) is 2.22. The van der Waals surface area contributed by atoms with Crippen LogP contribution in [0.2, 0.25) is 0 Å². The summed E-state index contributed by atoms with van der Waals surface area (Å²) >= 11 is 0. The van der Waals surface area contributed by atoms with Crippen LogP contribution in [0.5, 0.6) is 0 Å². The van der Waals surface area contributed by atoms with Gasteiger partial charge in [-0.2, -0.15) is 0 Å². The normalized spacial score (nSPS) is 14.8. The zero-order valence-corrected chi connectivity index (χ0v) is 12.2. The van der Waals surface area contributed by atoms with Crippen LogP contribution in [0.3, 0.4) is 0 Å². The fraction of sp³-hybridized carbons (Fsp3) is 0.846. The molecule has 0 aliphatic carbocycles. The molecule has 0 saturated carbocycles. The molecule has 0 rings (SSSR count). The maximum absolute atomic E-state index is 12.0. The Bertz CT molecular complexity index is 283. The maximum Gasteiger partial charge on any atom is 0.329 e. The molecule has 106 valence electrons. The number of carbonyl (C=O) groups excluding carboxylic acids is 2. The zero-order chi connectivity index (χ0) is 14.3. The molecule has 0 heterocycles. The predicted octanol–water partition coefficient (Wildman–Crippen LogP) is 1.51. The first-order valence-electron chi connectivity index (χ1n) is 6.22. The van der Waals surface area contributed by atoms with Gasteiger partial charge in [-0.1, -0.05) is 20.3 Å². The molecule has 0 aromatic heterocycles. The molecule has 0 bridgehead atoms. The Morgan fingerprint density at radius 3 is 2.22 bits per heavy atom. The smallest absolute Gasteiger partial charge is 0.329 e. The monoisotopic (exact) mass is 259 g/mol. The van der Waals surface area contributed by atoms with Crippen molar-refractivity contribution in [1.82, 2.24) is 5.32 Å². The van der Waals surface area contributed by atoms with Crippen LogP contribution in [-0.4, -0.2) is 37.2 Å². The molecule has 5 heteroatoms. The predicted molar refractivity (Wildman–Crippen MR) is 69.1 cm³/mol. The second kappa shape index (κ2) is 7.36. The third-order valence-corrected chi connectivity index (χ3v) is 2.47. The Balaban J connectivity index is 4.68. The summed E-state index contributed by atoms with van der Waals surface area (Å²) in [6.07, 6.45) is 0.775. The first kappa shape index (κ1) is 16.9. The summed E-state index contributed by atoms with van der Waals surface area (Å²) in [5, 5.41) is 2.65. The van der Waals surface area contributed by atoms with Gasteiger partial charge in [0.15, 0.2) is 0 Å². The van der Waals surface area contributed by atoms with E-state index in [2.05, 4.69) is 5.32 Å². The number of nitrogens with one attached hydrogen (secondary N) is 1. The van der Waals surface area contributed by atoms with Crippen LogP contribution in [0.4, 0.5) is 0 Å². The van der Waals surface area contributed by atoms with E-state index in [9.17, 15) is 9.59 Å². The Hall–Kier alpha value is -1.10. The fourth-order valence-electron chi connectivity index (χ4n) is 1.38. The lowest BCUT2D eigenvalue weighted by Gasteiger charge is -2.27. The lowest BCUT2D eigenvalue weighted by Crippen LogP contribution is -2.48. The van der Waals surface area contributed by atoms with E-state index < -0.39 is 17.6 Å². The maximum atomic E-state index is 12.0. The van der Waals surface area contributed by atoms with Crippen molar-refractivity contribution >= 4 is 11.9 Å². The molecule has 18 heavy (non-hydrogen) atoms. The SMILES string of the molecule is CC[C@H](C)[C@H](NC(=O)COC)C(=O)OC(C)(C)C. The highest BCUT2D eigenvalue weighted by Gasteiger charge is 2.30. The summed E-state index contributed by atoms with van der Waals surface area (Å²) in [6.45, 7) is 9.21. The van der Waals surface area contributed by atoms with Crippen molar-refractivity contribution in [3.63, 3.8) is 0 Å². The van der Waals surface area contributed by atoms with E-state index in [1.54, 1.807) is 20.8 Å². The molecule has 2 atom stereocenters. The Labute approximate surface area is 109 Å². The average molecular weight is 259 g/mol. The molecule has 0 radical (unpaired) electrons. The van der Waals surface area contributed by atoms with Crippen LogP contribution in [-0.2, 0) is 19.1 Å². The van der Waals surface area contributed by atoms with Gasteiger partial charge >= 0.3 is 5.97 Å². The van der Waals surface area contributed by atoms with Gasteiger partial charge in [-0.05, 0) is 26.7 Å². The largest absolute Gasteiger partial charge is 0.458 e. The lowest BCUT2D eigenvalue weighted by molar-refractivity contribution is -0.160. The molecule has 1 amide bonds. The van der Waals surface area contributed by atoms with E-state index in [-0.39, 0.29) is 18.4 Å². The van der Waals surface area contributed by atoms with Gasteiger partial charge in [0.25, 0.3) is 0 Å². The van der Waals surface area contributed by atoms with E-state index in [4.69, 9.17) is 9.47 Å². The van der Waals surface area contributed by atoms with Crippen LogP contribution in [0.1, 0.15) is 41.0 Å². The van der Waals surface area contributed by atoms with Crippen LogP contribution >= 0.6 is 0 Å². The molecule has 5 nitrogen and oxygen atoms in total. The van der Waals surface area contributed by atoms with Crippen molar-refractivity contribution in [2.75, 3.05) is 13.7 Å². The molecule has 0 fully saturated rings. The standard InChI is InChI=1S/C13H25NO4/c1-7-9(2)11(14-10(15)8-17-6)12(16)18-13(3,4)5/h9,11H,7-8H2,1-6H3,(H,14,15)/t9-,11-/m0/s1. The van der Waals surface area contributed by atoms with Crippen molar-refractivity contribution < 1.29 is 19.1 Å². The molecular formula is C13H25NO4. The number of methoxy groups -OCH3 is 1. The highest BCUT2D eigenvalue weighted by molar-refractivity contribution is 5.85. The van der Waals surface area contributed by atoms with E-state index in [1.807, 2.05) is 13.8 Å². The number of ether oxygens (including phenoxy) is 2. The number of hydrogen-bond acceptors (Lipinski definition) is 4. The molecule has 0 aliphatic heterocycles. The summed E-state index contributed by atoms with van der Waals surface area (Å²) in [6, 6.07) is -0.628. The van der Waals surface area contributed by atoms with Crippen molar-refractivity contribution in [3.8, 4) is 0 Å². The Morgan fingerprint density at radius 2 is 1.83 bits per heavy atom. The van der Waals surface area contributed by atoms with Crippen LogP contribution in [0, 0.1) is 5.92 Å². The van der Waals surface area contributed by atoms with E-state index in [0.717, 1.165) is 6.42 Å². The van der Waals surface area contributed by atoms with Crippen LogP contribution in [0.15, 0.2) is 0 Å². The summed E-state index contributed by atoms with van der Waals surface area (Å²) < 4.78 is 10.0. The molecule has 0 aliphatic rings. The van der Waals surface area contributed by atoms with E-state index in [1.165, 1.54) is 7.11 Å². The highest BCUT2D eigenvalue weighted by Crippen LogP contribution is 2.14. The second-order valence-electron chi connectivity index (χ2n) is 5.40. The second-order valence-corrected chi connectivity index (χ2v) is 5.40. The van der Waals surface area contributed by atoms with E-state index >= 15 is 0 Å². The fourth-order valence-corrected chi connectivity index (χ4v) is 1.38. The molecule has 1 N–H and O–H groups in total. The summed E-state index contributed by atoms with van der Waals surface area (Å²) in [5.41, 5.74) is -0.561. The van der Waals surface area contributed by atoms with Gasteiger partial charge in [0.1, 0.15) is 18.2 Å². The minimum atomic E-state index is -0.628. The first-order chi connectivity index (χ1) is 8.21. The quantitative estimate of drug-likeness (QED) is 0.734. The van der Waals surface area contributed by atoms with Crippen molar-refractivity contribution in [2.45, 2.75) is 52.7 Å². The molecule has 0 saturated heterocycles. The van der Waals surface area contributed by atoms with Gasteiger partial charge in [-0.25, -0.2) is 4.79 Å². The number of esters is 1. The summed E-state index contributed by atoms with van der Waals surface area (Å²) in [4.78, 5) is 23.5. The van der Waals surface area contributed by atoms with E-state index in [0.29, 0.717) is 0 Å². The molecule has 0 spiro atoms. The number of hydrogen-bond donors (Lipinski definition) is 1. The molecular weight excluding hydrogens is 234 g/mol. The summed E-state index contributed by atoms with van der Waals surface area (Å²) in [5.74, 6) is -0.699. The van der Waals surface area contributed by atoms with Gasteiger partial charge in [-0.3, -0.25) is 4.79 Å². The highest BCUT2D eigenvalue weighted by atomic mass is 16.6. The third-order valence-electron chi connectivity index (χ3n) is 2.47. The first-order valence-corrected chi connectivity index (χ1v) is 6.22. The minimum absolute atomic E-state index is 0.0145. The molecule has 0 unspecified atom stereocenters. The molecule has 0 aromatic carbocycles. The zero-order valence-electron chi connectivity index (χ0n) is 12.2. The van der Waals surface area contributed by atoms with Gasteiger partial charge in [-0.15, -0.1) is 0 Å². The third kappa shape index (κ3) is 6.59. The van der Waals surface area contributed by atoms with Gasteiger partial charge in [0.2, 0.25) is 5.91 Å². The van der Waals surface area contributed by atoms with Gasteiger partial charge in [0.05, 0.1) is 0 Å². The van der Waals surface area contributed by atoms with Crippen LogP contribution < -0.4 is 5.32 Å². The Morgan fingerprint density at radius 1 is 1.28 bits per heavy atom. The van der Waals surface area contributed by atoms with Gasteiger partial charge < -0.3 is 14.8 Å². The number of carbonyl (C=O) groups is 2. The van der Waals surface area contributed by atoms with Gasteiger partial charge in [0, 0.05) is 7.11 Å². The van der Waals surface area contributed by atoms with Crippen LogP contribution in [0.25, 0.3) is 0 Å². The minimum Gasteiger partial charge on any atom is -0.458 e. The topological polar surface area (TPSA) is 64.6 Å². The lowest BCUT2D eigenvalue weighted by atomic mass is 9.99.